The second-order valence-corrected chi connectivity index (χ2v) is 5.24. The second-order valence-electron chi connectivity index (χ2n) is 5.24. The van der Waals surface area contributed by atoms with Crippen molar-refractivity contribution in [3.05, 3.63) is 34.9 Å². The number of ether oxygens (including phenoxy) is 1. The highest BCUT2D eigenvalue weighted by Gasteiger charge is 2.32. The summed E-state index contributed by atoms with van der Waals surface area (Å²) >= 11 is 0. The fraction of sp³-hybridized carbons (Fsp3) is 0.600. The van der Waals surface area contributed by atoms with Crippen LogP contribution in [0.1, 0.15) is 30.5 Å². The van der Waals surface area contributed by atoms with Crippen LogP contribution in [0.4, 0.5) is 0 Å². The summed E-state index contributed by atoms with van der Waals surface area (Å²) in [7, 11) is 1.64. The van der Waals surface area contributed by atoms with E-state index in [1.54, 1.807) is 7.11 Å². The molecule has 0 spiro atoms. The summed E-state index contributed by atoms with van der Waals surface area (Å²) in [5.74, 6) is 0.168. The van der Waals surface area contributed by atoms with Crippen LogP contribution in [0.2, 0.25) is 0 Å². The molecule has 1 unspecified atom stereocenters. The zero-order valence-electron chi connectivity index (χ0n) is 11.6. The fourth-order valence-corrected chi connectivity index (χ4v) is 2.11. The Morgan fingerprint density at radius 1 is 1.24 bits per heavy atom. The summed E-state index contributed by atoms with van der Waals surface area (Å²) in [5, 5.41) is 10.7. The van der Waals surface area contributed by atoms with Gasteiger partial charge in [-0.3, -0.25) is 0 Å². The number of aryl methyl sites for hydroxylation is 2. The highest BCUT2D eigenvalue weighted by molar-refractivity contribution is 5.34. The molecule has 1 aromatic carbocycles. The van der Waals surface area contributed by atoms with E-state index in [0.717, 1.165) is 0 Å². The summed E-state index contributed by atoms with van der Waals surface area (Å²) in [6, 6.07) is 6.24. The lowest BCUT2D eigenvalue weighted by molar-refractivity contribution is -0.0639. The van der Waals surface area contributed by atoms with Crippen molar-refractivity contribution in [2.24, 2.45) is 5.92 Å². The fourth-order valence-electron chi connectivity index (χ4n) is 2.11. The molecule has 96 valence electrons. The summed E-state index contributed by atoms with van der Waals surface area (Å²) in [6.45, 7) is 8.63. The molecule has 0 saturated heterocycles. The van der Waals surface area contributed by atoms with E-state index in [-0.39, 0.29) is 5.92 Å². The van der Waals surface area contributed by atoms with Crippen LogP contribution in [0, 0.1) is 19.8 Å². The molecule has 1 atom stereocenters. The maximum Gasteiger partial charge on any atom is 0.0942 e. The zero-order chi connectivity index (χ0) is 13.1. The minimum atomic E-state index is -0.786. The molecule has 2 nitrogen and oxygen atoms in total. The Morgan fingerprint density at radius 2 is 1.76 bits per heavy atom. The van der Waals surface area contributed by atoms with Crippen molar-refractivity contribution in [1.29, 1.82) is 0 Å². The molecule has 0 amide bonds. The van der Waals surface area contributed by atoms with Crippen molar-refractivity contribution in [1.82, 2.24) is 0 Å². The van der Waals surface area contributed by atoms with Gasteiger partial charge in [-0.1, -0.05) is 32.0 Å². The van der Waals surface area contributed by atoms with E-state index in [9.17, 15) is 5.11 Å². The normalized spacial score (nSPS) is 15.0. The minimum Gasteiger partial charge on any atom is -0.387 e. The van der Waals surface area contributed by atoms with Gasteiger partial charge in [0.2, 0.25) is 0 Å². The lowest BCUT2D eigenvalue weighted by atomic mass is 9.82. The lowest BCUT2D eigenvalue weighted by Crippen LogP contribution is -2.42. The van der Waals surface area contributed by atoms with Gasteiger partial charge in [-0.05, 0) is 36.5 Å². The van der Waals surface area contributed by atoms with E-state index < -0.39 is 5.60 Å². The number of rotatable bonds is 5. The molecule has 0 radical (unpaired) electrons. The Labute approximate surface area is 105 Å². The molecule has 1 aromatic rings. The molecule has 0 heterocycles. The quantitative estimate of drug-likeness (QED) is 0.852. The van der Waals surface area contributed by atoms with E-state index >= 15 is 0 Å². The lowest BCUT2D eigenvalue weighted by Gasteiger charge is -2.32. The summed E-state index contributed by atoms with van der Waals surface area (Å²) in [5.41, 5.74) is 2.92. The Hall–Kier alpha value is -0.860. The first-order chi connectivity index (χ1) is 7.90. The van der Waals surface area contributed by atoms with Gasteiger partial charge >= 0.3 is 0 Å². The predicted octanol–water partition coefficient (Wildman–Crippen LogP) is 2.88. The van der Waals surface area contributed by atoms with E-state index in [0.29, 0.717) is 13.0 Å². The highest BCUT2D eigenvalue weighted by atomic mass is 16.5. The van der Waals surface area contributed by atoms with Gasteiger partial charge in [0.1, 0.15) is 0 Å². The maximum atomic E-state index is 10.7. The molecule has 0 aromatic heterocycles. The molecule has 1 N–H and O–H groups in total. The SMILES string of the molecule is COCC(O)(Cc1c(C)cccc1C)C(C)C. The Balaban J connectivity index is 3.02. The van der Waals surface area contributed by atoms with E-state index in [1.165, 1.54) is 16.7 Å². The molecule has 0 aliphatic carbocycles. The molecule has 2 heteroatoms. The van der Waals surface area contributed by atoms with Gasteiger partial charge in [0, 0.05) is 13.5 Å². The number of hydrogen-bond acceptors (Lipinski definition) is 2. The van der Waals surface area contributed by atoms with Crippen LogP contribution < -0.4 is 0 Å². The van der Waals surface area contributed by atoms with Gasteiger partial charge < -0.3 is 9.84 Å². The van der Waals surface area contributed by atoms with E-state index in [1.807, 2.05) is 13.8 Å². The first-order valence-corrected chi connectivity index (χ1v) is 6.17. The molecule has 1 rings (SSSR count). The standard InChI is InChI=1S/C15H24O2/c1-11(2)15(16,10-17-5)9-14-12(3)7-6-8-13(14)4/h6-8,11,16H,9-10H2,1-5H3. The molecular formula is C15H24O2. The van der Waals surface area contributed by atoms with Crippen LogP contribution in [0.5, 0.6) is 0 Å². The zero-order valence-corrected chi connectivity index (χ0v) is 11.6. The maximum absolute atomic E-state index is 10.7. The number of methoxy groups -OCH3 is 1. The smallest absolute Gasteiger partial charge is 0.0942 e. The Bertz CT molecular complexity index is 351. The Kier molecular flexibility index (Phi) is 4.72. The van der Waals surface area contributed by atoms with Crippen molar-refractivity contribution in [3.8, 4) is 0 Å². The van der Waals surface area contributed by atoms with Crippen LogP contribution in [-0.2, 0) is 11.2 Å². The minimum absolute atomic E-state index is 0.168. The van der Waals surface area contributed by atoms with Crippen LogP contribution in [0.25, 0.3) is 0 Å². The van der Waals surface area contributed by atoms with Gasteiger partial charge in [-0.2, -0.15) is 0 Å². The molecule has 0 fully saturated rings. The molecule has 0 bridgehead atoms. The molecule has 0 aliphatic heterocycles. The molecule has 17 heavy (non-hydrogen) atoms. The highest BCUT2D eigenvalue weighted by Crippen LogP contribution is 2.26. The second kappa shape index (κ2) is 5.65. The van der Waals surface area contributed by atoms with Crippen molar-refractivity contribution >= 4 is 0 Å². The first-order valence-electron chi connectivity index (χ1n) is 6.17. The van der Waals surface area contributed by atoms with Gasteiger partial charge in [0.05, 0.1) is 12.2 Å². The molecular weight excluding hydrogens is 212 g/mol. The number of benzene rings is 1. The van der Waals surface area contributed by atoms with Crippen LogP contribution >= 0.6 is 0 Å². The van der Waals surface area contributed by atoms with Gasteiger partial charge in [0.15, 0.2) is 0 Å². The number of hydrogen-bond donors (Lipinski definition) is 1. The molecule has 0 saturated carbocycles. The van der Waals surface area contributed by atoms with Crippen LogP contribution in [-0.4, -0.2) is 24.4 Å². The summed E-state index contributed by atoms with van der Waals surface area (Å²) in [6.07, 6.45) is 0.650. The first kappa shape index (κ1) is 14.2. The van der Waals surface area contributed by atoms with Crippen molar-refractivity contribution in [3.63, 3.8) is 0 Å². The predicted molar refractivity (Wildman–Crippen MR) is 71.3 cm³/mol. The van der Waals surface area contributed by atoms with E-state index in [4.69, 9.17) is 4.74 Å². The third kappa shape index (κ3) is 3.30. The van der Waals surface area contributed by atoms with Crippen LogP contribution in [0.15, 0.2) is 18.2 Å². The third-order valence-electron chi connectivity index (χ3n) is 3.60. The summed E-state index contributed by atoms with van der Waals surface area (Å²) < 4.78 is 5.17. The van der Waals surface area contributed by atoms with Crippen molar-refractivity contribution < 1.29 is 9.84 Å². The topological polar surface area (TPSA) is 29.5 Å². The van der Waals surface area contributed by atoms with Crippen molar-refractivity contribution in [2.45, 2.75) is 39.7 Å². The van der Waals surface area contributed by atoms with Gasteiger partial charge in [0.25, 0.3) is 0 Å². The summed E-state index contributed by atoms with van der Waals surface area (Å²) in [4.78, 5) is 0. The monoisotopic (exact) mass is 236 g/mol. The third-order valence-corrected chi connectivity index (χ3v) is 3.60. The average Bonchev–Trinajstić information content (AvgIpc) is 2.24. The van der Waals surface area contributed by atoms with Gasteiger partial charge in [-0.15, -0.1) is 0 Å². The average molecular weight is 236 g/mol. The van der Waals surface area contributed by atoms with Crippen LogP contribution in [0.3, 0.4) is 0 Å². The Morgan fingerprint density at radius 3 is 2.18 bits per heavy atom. The largest absolute Gasteiger partial charge is 0.387 e. The van der Waals surface area contributed by atoms with E-state index in [2.05, 4.69) is 32.0 Å². The van der Waals surface area contributed by atoms with Crippen molar-refractivity contribution in [2.75, 3.05) is 13.7 Å². The number of aliphatic hydroxyl groups is 1. The molecule has 0 aliphatic rings. The van der Waals surface area contributed by atoms with Gasteiger partial charge in [-0.25, -0.2) is 0 Å².